The molecule has 2 aromatic rings. The minimum atomic E-state index is -0.817. The monoisotopic (exact) mass is 416 g/mol. The Hall–Kier alpha value is -3.20. The maximum atomic E-state index is 12.6. The van der Waals surface area contributed by atoms with Gasteiger partial charge in [-0.2, -0.15) is 0 Å². The molecule has 3 rings (SSSR count). The first-order valence-corrected chi connectivity index (χ1v) is 9.63. The molecule has 0 amide bonds. The number of ether oxygens (including phenoxy) is 3. The van der Waals surface area contributed by atoms with Crippen LogP contribution in [-0.4, -0.2) is 47.7 Å². The lowest BCUT2D eigenvalue weighted by atomic mass is 10.1. The number of hydrogen-bond acceptors (Lipinski definition) is 7. The first-order valence-electron chi connectivity index (χ1n) is 9.63. The highest BCUT2D eigenvalue weighted by Gasteiger charge is 2.23. The molecular formula is C21H24N2O7. The van der Waals surface area contributed by atoms with Crippen molar-refractivity contribution in [1.29, 1.82) is 0 Å². The first kappa shape index (κ1) is 21.5. The number of methoxy groups -OCH3 is 1. The lowest BCUT2D eigenvalue weighted by molar-refractivity contribution is -0.385. The summed E-state index contributed by atoms with van der Waals surface area (Å²) in [4.78, 5) is 35.4. The van der Waals surface area contributed by atoms with Gasteiger partial charge in [0.15, 0.2) is 12.4 Å². The third kappa shape index (κ3) is 4.51. The van der Waals surface area contributed by atoms with E-state index in [1.165, 1.54) is 19.2 Å². The minimum Gasteiger partial charge on any atom is -0.490 e. The van der Waals surface area contributed by atoms with Crippen molar-refractivity contribution in [1.82, 2.24) is 4.57 Å². The molecule has 1 aromatic carbocycles. The van der Waals surface area contributed by atoms with Crippen LogP contribution in [0.2, 0.25) is 0 Å². The van der Waals surface area contributed by atoms with Crippen molar-refractivity contribution < 1.29 is 28.7 Å². The molecule has 160 valence electrons. The standard InChI is InChI=1S/C21H24N2O7/c1-13-9-17(14(2)22(13)11-16-5-4-8-29-16)19(24)12-30-21(25)15-6-7-20(28-3)18(10-15)23(26)27/h6-7,9-10,16H,4-5,8,11-12H2,1-3H3/t16-/m1/s1. The Bertz CT molecular complexity index is 974. The van der Waals surface area contributed by atoms with Gasteiger partial charge in [0.2, 0.25) is 5.78 Å². The second-order valence-electron chi connectivity index (χ2n) is 7.17. The van der Waals surface area contributed by atoms with Crippen molar-refractivity contribution >= 4 is 17.4 Å². The highest BCUT2D eigenvalue weighted by molar-refractivity contribution is 6.00. The van der Waals surface area contributed by atoms with Gasteiger partial charge in [-0.05, 0) is 44.9 Å². The molecule has 0 radical (unpaired) electrons. The van der Waals surface area contributed by atoms with Crippen LogP contribution in [0.3, 0.4) is 0 Å². The van der Waals surface area contributed by atoms with Gasteiger partial charge in [-0.1, -0.05) is 0 Å². The number of benzene rings is 1. The van der Waals surface area contributed by atoms with Crippen molar-refractivity contribution in [2.45, 2.75) is 39.3 Å². The van der Waals surface area contributed by atoms with Crippen molar-refractivity contribution in [2.24, 2.45) is 0 Å². The zero-order chi connectivity index (χ0) is 21.8. The largest absolute Gasteiger partial charge is 0.490 e. The van der Waals surface area contributed by atoms with E-state index in [-0.39, 0.29) is 28.9 Å². The first-order chi connectivity index (χ1) is 14.3. The zero-order valence-corrected chi connectivity index (χ0v) is 17.2. The van der Waals surface area contributed by atoms with Crippen LogP contribution in [0.25, 0.3) is 0 Å². The van der Waals surface area contributed by atoms with Gasteiger partial charge < -0.3 is 18.8 Å². The van der Waals surface area contributed by atoms with E-state index in [0.717, 1.165) is 36.9 Å². The highest BCUT2D eigenvalue weighted by Crippen LogP contribution is 2.28. The summed E-state index contributed by atoms with van der Waals surface area (Å²) in [5, 5.41) is 11.1. The summed E-state index contributed by atoms with van der Waals surface area (Å²) in [6.45, 7) is 4.75. The Morgan fingerprint density at radius 2 is 2.07 bits per heavy atom. The van der Waals surface area contributed by atoms with Gasteiger partial charge in [0.05, 0.1) is 23.7 Å². The van der Waals surface area contributed by atoms with Crippen molar-refractivity contribution in [3.63, 3.8) is 0 Å². The van der Waals surface area contributed by atoms with Gasteiger partial charge >= 0.3 is 11.7 Å². The Morgan fingerprint density at radius 3 is 2.70 bits per heavy atom. The molecule has 0 spiro atoms. The average Bonchev–Trinajstić information content (AvgIpc) is 3.35. The number of carbonyl (C=O) groups is 2. The van der Waals surface area contributed by atoms with Crippen LogP contribution >= 0.6 is 0 Å². The van der Waals surface area contributed by atoms with Crippen molar-refractivity contribution in [3.8, 4) is 5.75 Å². The van der Waals surface area contributed by atoms with Crippen molar-refractivity contribution in [3.05, 3.63) is 56.9 Å². The molecule has 9 nitrogen and oxygen atoms in total. The van der Waals surface area contributed by atoms with E-state index >= 15 is 0 Å². The molecule has 0 bridgehead atoms. The van der Waals surface area contributed by atoms with E-state index in [2.05, 4.69) is 0 Å². The summed E-state index contributed by atoms with van der Waals surface area (Å²) >= 11 is 0. The number of esters is 1. The van der Waals surface area contributed by atoms with Gasteiger partial charge in [0.1, 0.15) is 0 Å². The predicted octanol–water partition coefficient (Wildman–Crippen LogP) is 3.24. The van der Waals surface area contributed by atoms with Gasteiger partial charge in [-0.25, -0.2) is 4.79 Å². The number of nitro groups is 1. The van der Waals surface area contributed by atoms with E-state index < -0.39 is 17.5 Å². The maximum Gasteiger partial charge on any atom is 0.338 e. The Labute approximate surface area is 173 Å². The van der Waals surface area contributed by atoms with E-state index in [0.29, 0.717) is 12.1 Å². The number of nitro benzene ring substituents is 1. The number of nitrogens with zero attached hydrogens (tertiary/aromatic N) is 2. The Morgan fingerprint density at radius 1 is 1.30 bits per heavy atom. The zero-order valence-electron chi connectivity index (χ0n) is 17.2. The van der Waals surface area contributed by atoms with Crippen molar-refractivity contribution in [2.75, 3.05) is 20.3 Å². The molecular weight excluding hydrogens is 392 g/mol. The maximum absolute atomic E-state index is 12.6. The highest BCUT2D eigenvalue weighted by atomic mass is 16.6. The predicted molar refractivity (Wildman–Crippen MR) is 107 cm³/mol. The number of rotatable bonds is 8. The number of carbonyl (C=O) groups excluding carboxylic acids is 2. The lowest BCUT2D eigenvalue weighted by Gasteiger charge is -2.14. The normalized spacial score (nSPS) is 15.8. The SMILES string of the molecule is COc1ccc(C(=O)OCC(=O)c2cc(C)n(C[C@H]3CCCO3)c2C)cc1[N+](=O)[O-]. The average molecular weight is 416 g/mol. The summed E-state index contributed by atoms with van der Waals surface area (Å²) in [5.41, 5.74) is 1.83. The quantitative estimate of drug-likeness (QED) is 0.281. The Balaban J connectivity index is 1.67. The lowest BCUT2D eigenvalue weighted by Crippen LogP contribution is -2.18. The molecule has 9 heteroatoms. The van der Waals surface area contributed by atoms with Gasteiger partial charge in [-0.15, -0.1) is 0 Å². The van der Waals surface area contributed by atoms with Crippen LogP contribution in [0.5, 0.6) is 5.75 Å². The van der Waals surface area contributed by atoms with Gasteiger partial charge in [-0.3, -0.25) is 14.9 Å². The van der Waals surface area contributed by atoms with Crippen LogP contribution in [0, 0.1) is 24.0 Å². The van der Waals surface area contributed by atoms with E-state index in [1.807, 2.05) is 18.4 Å². The smallest absolute Gasteiger partial charge is 0.338 e. The van der Waals surface area contributed by atoms with Gasteiger partial charge in [0, 0.05) is 36.2 Å². The van der Waals surface area contributed by atoms with Crippen LogP contribution in [0.15, 0.2) is 24.3 Å². The van der Waals surface area contributed by atoms with E-state index in [9.17, 15) is 19.7 Å². The molecule has 0 aliphatic carbocycles. The molecule has 1 aromatic heterocycles. The molecule has 0 unspecified atom stereocenters. The summed E-state index contributed by atoms with van der Waals surface area (Å²) < 4.78 is 17.7. The summed E-state index contributed by atoms with van der Waals surface area (Å²) in [5.74, 6) is -1.12. The molecule has 1 fully saturated rings. The molecule has 0 saturated carbocycles. The fourth-order valence-corrected chi connectivity index (χ4v) is 3.61. The summed E-state index contributed by atoms with van der Waals surface area (Å²) in [7, 11) is 1.30. The van der Waals surface area contributed by atoms with Crippen LogP contribution in [-0.2, 0) is 16.0 Å². The second-order valence-corrected chi connectivity index (χ2v) is 7.17. The van der Waals surface area contributed by atoms with E-state index in [1.54, 1.807) is 6.07 Å². The van der Waals surface area contributed by atoms with Crippen LogP contribution in [0.1, 0.15) is 44.9 Å². The molecule has 2 heterocycles. The summed E-state index contributed by atoms with van der Waals surface area (Å²) in [6, 6.07) is 5.51. The number of hydrogen-bond donors (Lipinski definition) is 0. The molecule has 1 aliphatic heterocycles. The fraction of sp³-hybridized carbons (Fsp3) is 0.429. The minimum absolute atomic E-state index is 0.0286. The topological polar surface area (TPSA) is 110 Å². The molecule has 0 N–H and O–H groups in total. The fourth-order valence-electron chi connectivity index (χ4n) is 3.61. The van der Waals surface area contributed by atoms with Crippen LogP contribution in [0.4, 0.5) is 5.69 Å². The second kappa shape index (κ2) is 9.08. The molecule has 1 aliphatic rings. The number of ketones is 1. The molecule has 1 saturated heterocycles. The molecule has 1 atom stereocenters. The third-order valence-electron chi connectivity index (χ3n) is 5.23. The molecule has 30 heavy (non-hydrogen) atoms. The number of aryl methyl sites for hydroxylation is 1. The van der Waals surface area contributed by atoms with Gasteiger partial charge in [0.25, 0.3) is 0 Å². The van der Waals surface area contributed by atoms with Crippen LogP contribution < -0.4 is 4.74 Å². The Kier molecular flexibility index (Phi) is 6.51. The van der Waals surface area contributed by atoms with E-state index in [4.69, 9.17) is 14.2 Å². The number of Topliss-reactive ketones (excluding diaryl/α,β-unsaturated/α-hetero) is 1. The number of aromatic nitrogens is 1. The summed E-state index contributed by atoms with van der Waals surface area (Å²) in [6.07, 6.45) is 2.17. The third-order valence-corrected chi connectivity index (χ3v) is 5.23.